The van der Waals surface area contributed by atoms with Crippen LogP contribution >= 0.6 is 0 Å². The minimum Gasteiger partial charge on any atom is -0.378 e. The molecule has 5 nitrogen and oxygen atoms in total. The zero-order valence-corrected chi connectivity index (χ0v) is 11.6. The van der Waals surface area contributed by atoms with Gasteiger partial charge >= 0.3 is 0 Å². The Morgan fingerprint density at radius 3 is 2.62 bits per heavy atom. The SMILES string of the molecule is c1ccc(-c2cnc3c(N4CCOCC4)nccn23)cc1. The van der Waals surface area contributed by atoms with Gasteiger partial charge in [0, 0.05) is 31.0 Å². The maximum absolute atomic E-state index is 5.41. The molecule has 0 aliphatic carbocycles. The Morgan fingerprint density at radius 2 is 1.81 bits per heavy atom. The third-order valence-electron chi connectivity index (χ3n) is 3.79. The Kier molecular flexibility index (Phi) is 3.05. The average molecular weight is 280 g/mol. The molecule has 3 heterocycles. The second-order valence-corrected chi connectivity index (χ2v) is 5.05. The Hall–Kier alpha value is -2.40. The van der Waals surface area contributed by atoms with E-state index in [4.69, 9.17) is 4.74 Å². The molecule has 1 aromatic carbocycles. The summed E-state index contributed by atoms with van der Waals surface area (Å²) in [5.74, 6) is 0.933. The highest BCUT2D eigenvalue weighted by Crippen LogP contribution is 2.25. The van der Waals surface area contributed by atoms with Gasteiger partial charge in [0.2, 0.25) is 0 Å². The van der Waals surface area contributed by atoms with E-state index in [0.29, 0.717) is 0 Å². The van der Waals surface area contributed by atoms with Crippen LogP contribution in [0.15, 0.2) is 48.9 Å². The van der Waals surface area contributed by atoms with Crippen LogP contribution < -0.4 is 4.90 Å². The number of aromatic nitrogens is 3. The van der Waals surface area contributed by atoms with Crippen molar-refractivity contribution in [1.82, 2.24) is 14.4 Å². The fourth-order valence-electron chi connectivity index (χ4n) is 2.73. The number of anilines is 1. The van der Waals surface area contributed by atoms with Crippen molar-refractivity contribution >= 4 is 11.5 Å². The van der Waals surface area contributed by atoms with Crippen molar-refractivity contribution in [2.75, 3.05) is 31.2 Å². The summed E-state index contributed by atoms with van der Waals surface area (Å²) < 4.78 is 7.52. The topological polar surface area (TPSA) is 42.7 Å². The molecule has 0 atom stereocenters. The van der Waals surface area contributed by atoms with E-state index in [1.807, 2.05) is 36.8 Å². The molecule has 0 spiro atoms. The van der Waals surface area contributed by atoms with E-state index in [9.17, 15) is 0 Å². The van der Waals surface area contributed by atoms with E-state index in [0.717, 1.165) is 49.0 Å². The summed E-state index contributed by atoms with van der Waals surface area (Å²) in [6.07, 6.45) is 5.72. The number of hydrogen-bond acceptors (Lipinski definition) is 4. The molecule has 106 valence electrons. The lowest BCUT2D eigenvalue weighted by molar-refractivity contribution is 0.122. The first kappa shape index (κ1) is 12.3. The summed E-state index contributed by atoms with van der Waals surface area (Å²) in [6, 6.07) is 10.3. The van der Waals surface area contributed by atoms with Crippen molar-refractivity contribution < 1.29 is 4.74 Å². The average Bonchev–Trinajstić information content (AvgIpc) is 3.00. The molecule has 0 radical (unpaired) electrons. The number of morpholine rings is 1. The number of imidazole rings is 1. The molecule has 5 heteroatoms. The molecule has 21 heavy (non-hydrogen) atoms. The molecule has 1 saturated heterocycles. The van der Waals surface area contributed by atoms with E-state index in [2.05, 4.69) is 31.4 Å². The summed E-state index contributed by atoms with van der Waals surface area (Å²) in [5, 5.41) is 0. The third kappa shape index (κ3) is 2.15. The quantitative estimate of drug-likeness (QED) is 0.722. The van der Waals surface area contributed by atoms with Crippen molar-refractivity contribution in [1.29, 1.82) is 0 Å². The standard InChI is InChI=1S/C16H16N4O/c1-2-4-13(5-3-1)14-12-18-16-15(17-6-7-20(14)16)19-8-10-21-11-9-19/h1-7,12H,8-11H2. The number of benzene rings is 1. The maximum atomic E-state index is 5.41. The van der Waals surface area contributed by atoms with Gasteiger partial charge in [-0.25, -0.2) is 9.97 Å². The Balaban J connectivity index is 1.83. The predicted molar refractivity (Wildman–Crippen MR) is 81.5 cm³/mol. The van der Waals surface area contributed by atoms with Crippen LogP contribution in [0.1, 0.15) is 0 Å². The van der Waals surface area contributed by atoms with Gasteiger partial charge < -0.3 is 9.64 Å². The van der Waals surface area contributed by atoms with Crippen molar-refractivity contribution in [3.8, 4) is 11.3 Å². The second kappa shape index (κ2) is 5.18. The molecule has 0 amide bonds. The molecular formula is C16H16N4O. The Morgan fingerprint density at radius 1 is 1.00 bits per heavy atom. The van der Waals surface area contributed by atoms with Crippen LogP contribution in [0.2, 0.25) is 0 Å². The first-order valence-corrected chi connectivity index (χ1v) is 7.14. The van der Waals surface area contributed by atoms with E-state index < -0.39 is 0 Å². The predicted octanol–water partition coefficient (Wildman–Crippen LogP) is 2.23. The van der Waals surface area contributed by atoms with Gasteiger partial charge in [0.05, 0.1) is 25.1 Å². The van der Waals surface area contributed by atoms with Gasteiger partial charge in [-0.1, -0.05) is 30.3 Å². The summed E-state index contributed by atoms with van der Waals surface area (Å²) >= 11 is 0. The van der Waals surface area contributed by atoms with Gasteiger partial charge in [-0.15, -0.1) is 0 Å². The lowest BCUT2D eigenvalue weighted by Gasteiger charge is -2.27. The van der Waals surface area contributed by atoms with Crippen LogP contribution in [0, 0.1) is 0 Å². The van der Waals surface area contributed by atoms with Crippen molar-refractivity contribution in [3.05, 3.63) is 48.9 Å². The van der Waals surface area contributed by atoms with Gasteiger partial charge in [0.1, 0.15) is 0 Å². The first-order valence-electron chi connectivity index (χ1n) is 7.14. The molecular weight excluding hydrogens is 264 g/mol. The normalized spacial score (nSPS) is 15.5. The largest absolute Gasteiger partial charge is 0.378 e. The number of nitrogens with zero attached hydrogens (tertiary/aromatic N) is 4. The molecule has 0 saturated carbocycles. The molecule has 4 rings (SSSR count). The lowest BCUT2D eigenvalue weighted by Crippen LogP contribution is -2.37. The van der Waals surface area contributed by atoms with E-state index in [1.54, 1.807) is 0 Å². The van der Waals surface area contributed by atoms with E-state index >= 15 is 0 Å². The van der Waals surface area contributed by atoms with E-state index in [-0.39, 0.29) is 0 Å². The van der Waals surface area contributed by atoms with Crippen LogP contribution in [0.25, 0.3) is 16.9 Å². The van der Waals surface area contributed by atoms with E-state index in [1.165, 1.54) is 0 Å². The maximum Gasteiger partial charge on any atom is 0.180 e. The number of hydrogen-bond donors (Lipinski definition) is 0. The number of ether oxygens (including phenoxy) is 1. The van der Waals surface area contributed by atoms with Crippen molar-refractivity contribution in [3.63, 3.8) is 0 Å². The monoisotopic (exact) mass is 280 g/mol. The Labute approximate surface area is 122 Å². The summed E-state index contributed by atoms with van der Waals surface area (Å²) in [6.45, 7) is 3.21. The molecule has 3 aromatic rings. The molecule has 2 aromatic heterocycles. The minimum absolute atomic E-state index is 0.745. The summed E-state index contributed by atoms with van der Waals surface area (Å²) in [7, 11) is 0. The highest BCUT2D eigenvalue weighted by Gasteiger charge is 2.17. The van der Waals surface area contributed by atoms with Crippen LogP contribution in [0.3, 0.4) is 0 Å². The third-order valence-corrected chi connectivity index (χ3v) is 3.79. The Bertz CT molecular complexity index is 747. The van der Waals surface area contributed by atoms with Gasteiger partial charge in [-0.05, 0) is 0 Å². The molecule has 0 unspecified atom stereocenters. The number of rotatable bonds is 2. The molecule has 1 aliphatic heterocycles. The fraction of sp³-hybridized carbons (Fsp3) is 0.250. The zero-order chi connectivity index (χ0) is 14.1. The number of fused-ring (bicyclic) bond motifs is 1. The molecule has 0 N–H and O–H groups in total. The summed E-state index contributed by atoms with van der Waals surface area (Å²) in [4.78, 5) is 11.3. The van der Waals surface area contributed by atoms with Crippen LogP contribution in [-0.2, 0) is 4.74 Å². The van der Waals surface area contributed by atoms with Crippen LogP contribution in [0.4, 0.5) is 5.82 Å². The fourth-order valence-corrected chi connectivity index (χ4v) is 2.73. The first-order chi connectivity index (χ1) is 10.4. The van der Waals surface area contributed by atoms with Crippen LogP contribution in [0.5, 0.6) is 0 Å². The van der Waals surface area contributed by atoms with Crippen LogP contribution in [-0.4, -0.2) is 40.7 Å². The minimum atomic E-state index is 0.745. The van der Waals surface area contributed by atoms with Gasteiger partial charge in [-0.3, -0.25) is 4.40 Å². The highest BCUT2D eigenvalue weighted by molar-refractivity contribution is 5.71. The molecule has 0 bridgehead atoms. The van der Waals surface area contributed by atoms with Gasteiger partial charge in [0.15, 0.2) is 11.5 Å². The smallest absolute Gasteiger partial charge is 0.180 e. The van der Waals surface area contributed by atoms with Crippen molar-refractivity contribution in [2.24, 2.45) is 0 Å². The molecule has 1 fully saturated rings. The van der Waals surface area contributed by atoms with Gasteiger partial charge in [0.25, 0.3) is 0 Å². The highest BCUT2D eigenvalue weighted by atomic mass is 16.5. The summed E-state index contributed by atoms with van der Waals surface area (Å²) in [5.41, 5.74) is 3.14. The van der Waals surface area contributed by atoms with Crippen molar-refractivity contribution in [2.45, 2.75) is 0 Å². The van der Waals surface area contributed by atoms with Gasteiger partial charge in [-0.2, -0.15) is 0 Å². The zero-order valence-electron chi connectivity index (χ0n) is 11.6. The molecule has 1 aliphatic rings. The second-order valence-electron chi connectivity index (χ2n) is 5.05. The lowest BCUT2D eigenvalue weighted by atomic mass is 10.2.